The van der Waals surface area contributed by atoms with Gasteiger partial charge in [0.25, 0.3) is 0 Å². The summed E-state index contributed by atoms with van der Waals surface area (Å²) in [5, 5.41) is 9.30. The molecule has 2 rings (SSSR count). The fourth-order valence-corrected chi connectivity index (χ4v) is 1.74. The van der Waals surface area contributed by atoms with Crippen LogP contribution in [0.1, 0.15) is 11.1 Å². The summed E-state index contributed by atoms with van der Waals surface area (Å²) >= 11 is 0. The smallest absolute Gasteiger partial charge is 0.127 e. The molecule has 0 heterocycles. The van der Waals surface area contributed by atoms with Crippen molar-refractivity contribution in [2.24, 2.45) is 0 Å². The minimum absolute atomic E-state index is 0.0400. The van der Waals surface area contributed by atoms with E-state index >= 15 is 0 Å². The van der Waals surface area contributed by atoms with E-state index in [0.29, 0.717) is 19.1 Å². The van der Waals surface area contributed by atoms with Crippen molar-refractivity contribution in [3.8, 4) is 0 Å². The fraction of sp³-hybridized carbons (Fsp3) is 0.188. The van der Waals surface area contributed by atoms with Crippen LogP contribution in [0.2, 0.25) is 0 Å². The van der Waals surface area contributed by atoms with Gasteiger partial charge in [-0.2, -0.15) is 0 Å². The Balaban J connectivity index is 1.86. The van der Waals surface area contributed by atoms with Crippen LogP contribution >= 0.6 is 0 Å². The molecule has 18 heavy (non-hydrogen) atoms. The molecule has 0 amide bonds. The molecule has 1 N–H and O–H groups in total. The molecule has 0 bridgehead atoms. The van der Waals surface area contributed by atoms with Gasteiger partial charge in [0.15, 0.2) is 0 Å². The second-order valence-electron chi connectivity index (χ2n) is 4.13. The van der Waals surface area contributed by atoms with E-state index in [1.165, 1.54) is 0 Å². The van der Waals surface area contributed by atoms with Gasteiger partial charge in [-0.25, -0.2) is 0 Å². The summed E-state index contributed by atoms with van der Waals surface area (Å²) < 4.78 is 5.65. The number of rotatable bonds is 6. The molecule has 2 heteroatoms. The summed E-state index contributed by atoms with van der Waals surface area (Å²) in [4.78, 5) is 0. The lowest BCUT2D eigenvalue weighted by Crippen LogP contribution is -2.11. The van der Waals surface area contributed by atoms with Gasteiger partial charge in [-0.3, -0.25) is 0 Å². The van der Waals surface area contributed by atoms with Crippen molar-refractivity contribution in [1.29, 1.82) is 0 Å². The fourth-order valence-electron chi connectivity index (χ4n) is 1.74. The number of aliphatic hydroxyl groups excluding tert-OH is 1. The normalized spacial score (nSPS) is 10.8. The molecule has 0 aromatic heterocycles. The maximum atomic E-state index is 9.30. The molecule has 0 fully saturated rings. The average Bonchev–Trinajstić information content (AvgIpc) is 2.45. The van der Waals surface area contributed by atoms with Gasteiger partial charge < -0.3 is 9.84 Å². The van der Waals surface area contributed by atoms with Crippen LogP contribution in [0, 0.1) is 6.10 Å². The highest BCUT2D eigenvalue weighted by atomic mass is 16.5. The molecular weight excluding hydrogens is 224 g/mol. The second kappa shape index (κ2) is 6.94. The molecule has 1 radical (unpaired) electrons. The molecule has 2 aromatic carbocycles. The number of hydrogen-bond acceptors (Lipinski definition) is 2. The first kappa shape index (κ1) is 12.8. The second-order valence-corrected chi connectivity index (χ2v) is 4.13. The monoisotopic (exact) mass is 241 g/mol. The Kier molecular flexibility index (Phi) is 4.94. The SMILES string of the molecule is OC[C](Cc1ccccc1)OCc1ccccc1. The van der Waals surface area contributed by atoms with Crippen LogP contribution in [0.25, 0.3) is 0 Å². The molecule has 93 valence electrons. The van der Waals surface area contributed by atoms with E-state index in [-0.39, 0.29) is 6.61 Å². The van der Waals surface area contributed by atoms with E-state index in [0.717, 1.165) is 11.1 Å². The van der Waals surface area contributed by atoms with Gasteiger partial charge in [-0.1, -0.05) is 60.7 Å². The molecule has 0 aliphatic carbocycles. The van der Waals surface area contributed by atoms with E-state index in [9.17, 15) is 5.11 Å². The minimum Gasteiger partial charge on any atom is -0.393 e. The van der Waals surface area contributed by atoms with Gasteiger partial charge in [0.2, 0.25) is 0 Å². The summed E-state index contributed by atoms with van der Waals surface area (Å²) in [6, 6.07) is 20.0. The maximum Gasteiger partial charge on any atom is 0.127 e. The first-order valence-corrected chi connectivity index (χ1v) is 6.04. The van der Waals surface area contributed by atoms with Crippen molar-refractivity contribution in [3.63, 3.8) is 0 Å². The number of benzene rings is 2. The molecule has 0 unspecified atom stereocenters. The van der Waals surface area contributed by atoms with Crippen LogP contribution in [-0.4, -0.2) is 11.7 Å². The number of hydrogen-bond donors (Lipinski definition) is 1. The van der Waals surface area contributed by atoms with Crippen molar-refractivity contribution in [3.05, 3.63) is 77.9 Å². The zero-order valence-electron chi connectivity index (χ0n) is 10.3. The first-order valence-electron chi connectivity index (χ1n) is 6.04. The highest BCUT2D eigenvalue weighted by Crippen LogP contribution is 2.14. The van der Waals surface area contributed by atoms with Crippen LogP contribution in [-0.2, 0) is 17.8 Å². The predicted octanol–water partition coefficient (Wildman–Crippen LogP) is 2.97. The van der Waals surface area contributed by atoms with E-state index in [2.05, 4.69) is 0 Å². The van der Waals surface area contributed by atoms with Crippen LogP contribution in [0.5, 0.6) is 0 Å². The van der Waals surface area contributed by atoms with Crippen molar-refractivity contribution in [1.82, 2.24) is 0 Å². The zero-order valence-corrected chi connectivity index (χ0v) is 10.3. The molecule has 2 nitrogen and oxygen atoms in total. The Labute approximate surface area is 108 Å². The Morgan fingerprint density at radius 3 is 1.94 bits per heavy atom. The lowest BCUT2D eigenvalue weighted by atomic mass is 10.1. The first-order chi connectivity index (χ1) is 8.88. The van der Waals surface area contributed by atoms with Crippen LogP contribution < -0.4 is 0 Å². The van der Waals surface area contributed by atoms with E-state index < -0.39 is 0 Å². The standard InChI is InChI=1S/C16H17O2/c17-12-16(11-14-7-3-1-4-8-14)18-13-15-9-5-2-6-10-15/h1-10,17H,11-13H2. The molecule has 0 spiro atoms. The van der Waals surface area contributed by atoms with Gasteiger partial charge in [0.05, 0.1) is 13.2 Å². The van der Waals surface area contributed by atoms with Gasteiger partial charge in [0, 0.05) is 6.42 Å². The largest absolute Gasteiger partial charge is 0.393 e. The van der Waals surface area contributed by atoms with Gasteiger partial charge in [-0.05, 0) is 11.1 Å². The molecule has 0 atom stereocenters. The third-order valence-electron chi connectivity index (χ3n) is 2.71. The van der Waals surface area contributed by atoms with Gasteiger partial charge in [0.1, 0.15) is 6.10 Å². The summed E-state index contributed by atoms with van der Waals surface area (Å²) in [5.74, 6) is 0. The summed E-state index contributed by atoms with van der Waals surface area (Å²) in [6.45, 7) is 0.464. The van der Waals surface area contributed by atoms with Crippen LogP contribution in [0.4, 0.5) is 0 Å². The van der Waals surface area contributed by atoms with Gasteiger partial charge in [-0.15, -0.1) is 0 Å². The summed E-state index contributed by atoms with van der Waals surface area (Å²) in [7, 11) is 0. The van der Waals surface area contributed by atoms with Crippen molar-refractivity contribution in [2.45, 2.75) is 13.0 Å². The Bertz CT molecular complexity index is 439. The lowest BCUT2D eigenvalue weighted by molar-refractivity contribution is 0.0826. The zero-order chi connectivity index (χ0) is 12.6. The highest BCUT2D eigenvalue weighted by molar-refractivity contribution is 5.18. The van der Waals surface area contributed by atoms with Crippen molar-refractivity contribution < 1.29 is 9.84 Å². The van der Waals surface area contributed by atoms with E-state index in [4.69, 9.17) is 4.74 Å². The number of aliphatic hydroxyl groups is 1. The Hall–Kier alpha value is -1.64. The van der Waals surface area contributed by atoms with Gasteiger partial charge >= 0.3 is 0 Å². The molecular formula is C16H17O2. The maximum absolute atomic E-state index is 9.30. The third-order valence-corrected chi connectivity index (χ3v) is 2.71. The Morgan fingerprint density at radius 2 is 1.39 bits per heavy atom. The lowest BCUT2D eigenvalue weighted by Gasteiger charge is -2.14. The van der Waals surface area contributed by atoms with Crippen molar-refractivity contribution >= 4 is 0 Å². The van der Waals surface area contributed by atoms with Crippen LogP contribution in [0.3, 0.4) is 0 Å². The van der Waals surface area contributed by atoms with Crippen LogP contribution in [0.15, 0.2) is 60.7 Å². The topological polar surface area (TPSA) is 29.5 Å². The molecule has 0 saturated carbocycles. The minimum atomic E-state index is -0.0400. The number of ether oxygens (including phenoxy) is 1. The Morgan fingerprint density at radius 1 is 0.833 bits per heavy atom. The molecule has 0 saturated heterocycles. The highest BCUT2D eigenvalue weighted by Gasteiger charge is 2.10. The third kappa shape index (κ3) is 3.99. The molecule has 2 aromatic rings. The average molecular weight is 241 g/mol. The molecule has 0 aliphatic rings. The summed E-state index contributed by atoms with van der Waals surface area (Å²) in [6.07, 6.45) is 1.36. The molecule has 0 aliphatic heterocycles. The van der Waals surface area contributed by atoms with E-state index in [1.54, 1.807) is 0 Å². The quantitative estimate of drug-likeness (QED) is 0.842. The van der Waals surface area contributed by atoms with E-state index in [1.807, 2.05) is 60.7 Å². The predicted molar refractivity (Wildman–Crippen MR) is 71.7 cm³/mol. The van der Waals surface area contributed by atoms with Crippen molar-refractivity contribution in [2.75, 3.05) is 6.61 Å². The summed E-state index contributed by atoms with van der Waals surface area (Å²) in [5.41, 5.74) is 2.26.